The average Bonchev–Trinajstić information content (AvgIpc) is 2.60. The second-order valence-electron chi connectivity index (χ2n) is 5.51. The van der Waals surface area contributed by atoms with Gasteiger partial charge in [0.05, 0.1) is 12.7 Å². The molecule has 0 aliphatic carbocycles. The lowest BCUT2D eigenvalue weighted by molar-refractivity contribution is -0.120. The van der Waals surface area contributed by atoms with Gasteiger partial charge in [-0.3, -0.25) is 9.59 Å². The van der Waals surface area contributed by atoms with Crippen molar-refractivity contribution >= 4 is 29.2 Å². The fourth-order valence-corrected chi connectivity index (χ4v) is 2.35. The number of anilines is 2. The number of para-hydroxylation sites is 1. The Bertz CT molecular complexity index is 802. The average molecular weight is 340 g/mol. The zero-order valence-electron chi connectivity index (χ0n) is 14.4. The highest BCUT2D eigenvalue weighted by Crippen LogP contribution is 2.18. The zero-order chi connectivity index (χ0) is 18.4. The second-order valence-corrected chi connectivity index (χ2v) is 5.51. The van der Waals surface area contributed by atoms with Crippen molar-refractivity contribution in [1.29, 1.82) is 0 Å². The Morgan fingerprint density at radius 3 is 2.44 bits per heavy atom. The number of carbonyl (C=O) groups is 3. The number of benzene rings is 2. The van der Waals surface area contributed by atoms with Crippen LogP contribution in [0.2, 0.25) is 0 Å². The van der Waals surface area contributed by atoms with Crippen molar-refractivity contribution in [3.05, 3.63) is 59.7 Å². The molecule has 2 aromatic rings. The maximum Gasteiger partial charge on any atom is 0.337 e. The van der Waals surface area contributed by atoms with Gasteiger partial charge in [0.1, 0.15) is 6.54 Å². The van der Waals surface area contributed by atoms with Crippen LogP contribution in [0.4, 0.5) is 11.4 Å². The minimum Gasteiger partial charge on any atom is -0.465 e. The largest absolute Gasteiger partial charge is 0.465 e. The molecule has 2 rings (SSSR count). The van der Waals surface area contributed by atoms with E-state index in [4.69, 9.17) is 0 Å². The van der Waals surface area contributed by atoms with Gasteiger partial charge in [0.15, 0.2) is 0 Å². The van der Waals surface area contributed by atoms with Crippen molar-refractivity contribution in [2.45, 2.75) is 13.8 Å². The van der Waals surface area contributed by atoms with Crippen LogP contribution in [0, 0.1) is 6.92 Å². The second kappa shape index (κ2) is 8.10. The number of hydrogen-bond donors (Lipinski definition) is 1. The molecule has 0 saturated heterocycles. The molecule has 0 heterocycles. The first-order valence-electron chi connectivity index (χ1n) is 7.74. The van der Waals surface area contributed by atoms with E-state index in [0.717, 1.165) is 5.56 Å². The Morgan fingerprint density at radius 2 is 1.80 bits per heavy atom. The van der Waals surface area contributed by atoms with Gasteiger partial charge in [-0.05, 0) is 36.8 Å². The van der Waals surface area contributed by atoms with Crippen molar-refractivity contribution in [3.8, 4) is 0 Å². The lowest BCUT2D eigenvalue weighted by Gasteiger charge is -2.21. The lowest BCUT2D eigenvalue weighted by Crippen LogP contribution is -2.36. The van der Waals surface area contributed by atoms with Gasteiger partial charge in [-0.2, -0.15) is 0 Å². The highest BCUT2D eigenvalue weighted by molar-refractivity contribution is 6.02. The predicted molar refractivity (Wildman–Crippen MR) is 95.6 cm³/mol. The Kier molecular flexibility index (Phi) is 5.89. The molecule has 130 valence electrons. The van der Waals surface area contributed by atoms with Crippen LogP contribution >= 0.6 is 0 Å². The van der Waals surface area contributed by atoms with E-state index in [-0.39, 0.29) is 18.4 Å². The molecule has 0 radical (unpaired) electrons. The Labute approximate surface area is 146 Å². The van der Waals surface area contributed by atoms with Gasteiger partial charge >= 0.3 is 5.97 Å². The third kappa shape index (κ3) is 4.67. The Balaban J connectivity index is 2.19. The van der Waals surface area contributed by atoms with Crippen LogP contribution in [0.3, 0.4) is 0 Å². The Morgan fingerprint density at radius 1 is 1.08 bits per heavy atom. The molecule has 0 atom stereocenters. The monoisotopic (exact) mass is 340 g/mol. The van der Waals surface area contributed by atoms with Crippen LogP contribution in [-0.4, -0.2) is 31.4 Å². The topological polar surface area (TPSA) is 75.7 Å². The van der Waals surface area contributed by atoms with Crippen LogP contribution < -0.4 is 10.2 Å². The summed E-state index contributed by atoms with van der Waals surface area (Å²) >= 11 is 0. The van der Waals surface area contributed by atoms with Crippen LogP contribution in [-0.2, 0) is 14.3 Å². The normalized spacial score (nSPS) is 10.0. The fraction of sp³-hybridized carbons (Fsp3) is 0.211. The Hall–Kier alpha value is -3.15. The van der Waals surface area contributed by atoms with Gasteiger partial charge in [-0.15, -0.1) is 0 Å². The molecule has 2 amide bonds. The van der Waals surface area contributed by atoms with Crippen molar-refractivity contribution in [2.24, 2.45) is 0 Å². The summed E-state index contributed by atoms with van der Waals surface area (Å²) < 4.78 is 4.68. The van der Waals surface area contributed by atoms with E-state index in [1.807, 2.05) is 25.1 Å². The molecule has 2 aromatic carbocycles. The van der Waals surface area contributed by atoms with E-state index in [9.17, 15) is 14.4 Å². The minimum atomic E-state index is -0.505. The summed E-state index contributed by atoms with van der Waals surface area (Å²) in [4.78, 5) is 37.3. The number of nitrogens with zero attached hydrogens (tertiary/aromatic N) is 1. The van der Waals surface area contributed by atoms with Gasteiger partial charge in [-0.1, -0.05) is 24.3 Å². The van der Waals surface area contributed by atoms with Gasteiger partial charge in [-0.25, -0.2) is 4.79 Å². The van der Waals surface area contributed by atoms with E-state index in [1.54, 1.807) is 24.3 Å². The first kappa shape index (κ1) is 18.2. The number of esters is 1. The highest BCUT2D eigenvalue weighted by atomic mass is 16.5. The molecule has 0 saturated carbocycles. The van der Waals surface area contributed by atoms with Gasteiger partial charge < -0.3 is 15.0 Å². The number of hydrogen-bond acceptors (Lipinski definition) is 4. The van der Waals surface area contributed by atoms with Crippen LogP contribution in [0.15, 0.2) is 48.5 Å². The number of ether oxygens (including phenoxy) is 1. The zero-order valence-corrected chi connectivity index (χ0v) is 14.4. The summed E-state index contributed by atoms with van der Waals surface area (Å²) in [5.74, 6) is -1.13. The van der Waals surface area contributed by atoms with Crippen molar-refractivity contribution in [3.63, 3.8) is 0 Å². The first-order chi connectivity index (χ1) is 11.9. The smallest absolute Gasteiger partial charge is 0.337 e. The van der Waals surface area contributed by atoms with E-state index < -0.39 is 5.97 Å². The van der Waals surface area contributed by atoms with Crippen molar-refractivity contribution in [1.82, 2.24) is 0 Å². The molecular weight excluding hydrogens is 320 g/mol. The molecule has 1 N–H and O–H groups in total. The lowest BCUT2D eigenvalue weighted by atomic mass is 10.2. The number of nitrogens with one attached hydrogen (secondary N) is 1. The van der Waals surface area contributed by atoms with Crippen LogP contribution in [0.25, 0.3) is 0 Å². The third-order valence-electron chi connectivity index (χ3n) is 3.68. The van der Waals surface area contributed by atoms with Crippen LogP contribution in [0.5, 0.6) is 0 Å². The molecular formula is C19H20N2O4. The summed E-state index contributed by atoms with van der Waals surface area (Å²) in [6.45, 7) is 3.10. The third-order valence-corrected chi connectivity index (χ3v) is 3.68. The number of methoxy groups -OCH3 is 1. The van der Waals surface area contributed by atoms with Crippen molar-refractivity contribution < 1.29 is 19.1 Å². The first-order valence-corrected chi connectivity index (χ1v) is 7.74. The molecule has 0 bridgehead atoms. The maximum absolute atomic E-state index is 12.3. The van der Waals surface area contributed by atoms with E-state index in [2.05, 4.69) is 10.1 Å². The standard InChI is InChI=1S/C19H20N2O4/c1-13-7-4-5-10-17(13)20-18(23)12-21(14(2)22)16-9-6-8-15(11-16)19(24)25-3/h4-11H,12H2,1-3H3,(H,20,23). The van der Waals surface area contributed by atoms with E-state index in [0.29, 0.717) is 16.9 Å². The van der Waals surface area contributed by atoms with Gasteiger partial charge in [0.25, 0.3) is 0 Å². The van der Waals surface area contributed by atoms with Crippen molar-refractivity contribution in [2.75, 3.05) is 23.9 Å². The molecule has 6 heteroatoms. The molecule has 6 nitrogen and oxygen atoms in total. The highest BCUT2D eigenvalue weighted by Gasteiger charge is 2.18. The summed E-state index contributed by atoms with van der Waals surface area (Å²) in [5.41, 5.74) is 2.39. The van der Waals surface area contributed by atoms with E-state index in [1.165, 1.54) is 25.0 Å². The summed E-state index contributed by atoms with van der Waals surface area (Å²) in [7, 11) is 1.29. The fourth-order valence-electron chi connectivity index (χ4n) is 2.35. The van der Waals surface area contributed by atoms with Crippen LogP contribution in [0.1, 0.15) is 22.8 Å². The van der Waals surface area contributed by atoms with E-state index >= 15 is 0 Å². The molecule has 0 aromatic heterocycles. The molecule has 0 unspecified atom stereocenters. The summed E-state index contributed by atoms with van der Waals surface area (Å²) in [5, 5.41) is 2.79. The molecule has 0 aliphatic rings. The molecule has 0 fully saturated rings. The number of amides is 2. The number of rotatable bonds is 5. The molecule has 25 heavy (non-hydrogen) atoms. The van der Waals surface area contributed by atoms with Gasteiger partial charge in [0.2, 0.25) is 11.8 Å². The minimum absolute atomic E-state index is 0.158. The summed E-state index contributed by atoms with van der Waals surface area (Å²) in [6, 6.07) is 13.8. The molecule has 0 aliphatic heterocycles. The number of aryl methyl sites for hydroxylation is 1. The quantitative estimate of drug-likeness (QED) is 0.849. The van der Waals surface area contributed by atoms with Gasteiger partial charge in [0, 0.05) is 18.3 Å². The summed E-state index contributed by atoms with van der Waals surface area (Å²) in [6.07, 6.45) is 0. The number of carbonyl (C=O) groups excluding carboxylic acids is 3. The maximum atomic E-state index is 12.3. The SMILES string of the molecule is COC(=O)c1cccc(N(CC(=O)Nc2ccccc2C)C(C)=O)c1. The predicted octanol–water partition coefficient (Wildman–Crippen LogP) is 2.77. The molecule has 0 spiro atoms.